The Morgan fingerprint density at radius 2 is 1.56 bits per heavy atom. The molecule has 1 saturated carbocycles. The largest absolute Gasteiger partial charge is 0.352 e. The van der Waals surface area contributed by atoms with Crippen LogP contribution in [0.2, 0.25) is 0 Å². The van der Waals surface area contributed by atoms with Gasteiger partial charge in [0.15, 0.2) is 0 Å². The van der Waals surface area contributed by atoms with Gasteiger partial charge in [0, 0.05) is 19.0 Å². The number of benzene rings is 2. The van der Waals surface area contributed by atoms with Crippen molar-refractivity contribution >= 4 is 11.8 Å². The molecule has 1 atom stereocenters. The van der Waals surface area contributed by atoms with Crippen LogP contribution in [0.15, 0.2) is 48.5 Å². The molecule has 184 valence electrons. The van der Waals surface area contributed by atoms with Gasteiger partial charge < -0.3 is 10.2 Å². The standard InChI is InChI=1S/C29H39FN2O2/c1-21(28(34)31-26-8-6-5-7-9-26)32(20-23-12-17-25(30)18-13-23)27(33)19-14-22-10-15-24(16-11-22)29(2,3)4/h10-13,15-18,21,26H,5-9,14,19-20H2,1-4H3,(H,31,34)/t21-/m0/s1. The van der Waals surface area contributed by atoms with Crippen LogP contribution in [0.25, 0.3) is 0 Å². The van der Waals surface area contributed by atoms with Gasteiger partial charge in [-0.25, -0.2) is 4.39 Å². The molecule has 0 spiro atoms. The predicted molar refractivity (Wildman–Crippen MR) is 135 cm³/mol. The van der Waals surface area contributed by atoms with Crippen molar-refractivity contribution in [2.75, 3.05) is 0 Å². The van der Waals surface area contributed by atoms with E-state index in [9.17, 15) is 14.0 Å². The number of hydrogen-bond acceptors (Lipinski definition) is 2. The molecule has 1 aliphatic carbocycles. The van der Waals surface area contributed by atoms with Crippen LogP contribution in [0, 0.1) is 5.82 Å². The van der Waals surface area contributed by atoms with Gasteiger partial charge in [-0.2, -0.15) is 0 Å². The van der Waals surface area contributed by atoms with Gasteiger partial charge in [-0.1, -0.05) is 76.4 Å². The minimum absolute atomic E-state index is 0.0736. The van der Waals surface area contributed by atoms with E-state index in [-0.39, 0.29) is 35.6 Å². The van der Waals surface area contributed by atoms with Crippen LogP contribution in [0.4, 0.5) is 4.39 Å². The zero-order valence-corrected chi connectivity index (χ0v) is 21.1. The quantitative estimate of drug-likeness (QED) is 0.525. The minimum atomic E-state index is -0.595. The van der Waals surface area contributed by atoms with Gasteiger partial charge in [0.1, 0.15) is 11.9 Å². The van der Waals surface area contributed by atoms with Crippen molar-refractivity contribution < 1.29 is 14.0 Å². The third kappa shape index (κ3) is 7.41. The van der Waals surface area contributed by atoms with E-state index in [2.05, 4.69) is 50.4 Å². The van der Waals surface area contributed by atoms with Crippen LogP contribution in [0.5, 0.6) is 0 Å². The molecule has 2 amide bonds. The molecule has 3 rings (SSSR count). The first-order valence-corrected chi connectivity index (χ1v) is 12.6. The molecule has 1 N–H and O–H groups in total. The summed E-state index contributed by atoms with van der Waals surface area (Å²) in [6.07, 6.45) is 6.39. The molecule has 1 aliphatic rings. The zero-order valence-electron chi connectivity index (χ0n) is 21.1. The van der Waals surface area contributed by atoms with E-state index in [1.807, 2.05) is 0 Å². The van der Waals surface area contributed by atoms with Gasteiger partial charge >= 0.3 is 0 Å². The summed E-state index contributed by atoms with van der Waals surface area (Å²) in [6, 6.07) is 14.1. The number of hydrogen-bond donors (Lipinski definition) is 1. The molecule has 0 aliphatic heterocycles. The van der Waals surface area contributed by atoms with Gasteiger partial charge in [0.05, 0.1) is 0 Å². The van der Waals surface area contributed by atoms with E-state index in [0.29, 0.717) is 12.8 Å². The maximum atomic E-state index is 13.4. The fourth-order valence-electron chi connectivity index (χ4n) is 4.50. The molecule has 0 radical (unpaired) electrons. The lowest BCUT2D eigenvalue weighted by molar-refractivity contribution is -0.141. The highest BCUT2D eigenvalue weighted by Crippen LogP contribution is 2.23. The van der Waals surface area contributed by atoms with Gasteiger partial charge in [-0.05, 0) is 60.4 Å². The van der Waals surface area contributed by atoms with Crippen LogP contribution in [0.1, 0.15) is 82.9 Å². The van der Waals surface area contributed by atoms with Crippen LogP contribution >= 0.6 is 0 Å². The lowest BCUT2D eigenvalue weighted by Gasteiger charge is -2.31. The lowest BCUT2D eigenvalue weighted by atomic mass is 9.86. The molecule has 0 heterocycles. The predicted octanol–water partition coefficient (Wildman–Crippen LogP) is 5.92. The third-order valence-corrected chi connectivity index (χ3v) is 6.83. The average molecular weight is 467 g/mol. The van der Waals surface area contributed by atoms with Crippen molar-refractivity contribution in [1.82, 2.24) is 10.2 Å². The molecule has 1 fully saturated rings. The molecule has 0 unspecified atom stereocenters. The highest BCUT2D eigenvalue weighted by atomic mass is 19.1. The number of carbonyl (C=O) groups is 2. The maximum Gasteiger partial charge on any atom is 0.242 e. The summed E-state index contributed by atoms with van der Waals surface area (Å²) in [5.41, 5.74) is 3.25. The smallest absolute Gasteiger partial charge is 0.242 e. The molecule has 2 aromatic carbocycles. The van der Waals surface area contributed by atoms with Crippen LogP contribution in [-0.4, -0.2) is 28.8 Å². The fourth-order valence-corrected chi connectivity index (χ4v) is 4.50. The first-order chi connectivity index (χ1) is 16.1. The van der Waals surface area contributed by atoms with Crippen molar-refractivity contribution in [2.24, 2.45) is 0 Å². The molecule has 4 nitrogen and oxygen atoms in total. The van der Waals surface area contributed by atoms with E-state index in [1.54, 1.807) is 24.0 Å². The summed E-state index contributed by atoms with van der Waals surface area (Å²) in [5.74, 6) is -0.504. The van der Waals surface area contributed by atoms with E-state index in [1.165, 1.54) is 24.1 Å². The van der Waals surface area contributed by atoms with Crippen LogP contribution in [-0.2, 0) is 28.0 Å². The van der Waals surface area contributed by atoms with Crippen molar-refractivity contribution in [3.63, 3.8) is 0 Å². The molecule has 0 saturated heterocycles. The Bertz CT molecular complexity index is 942. The topological polar surface area (TPSA) is 49.4 Å². The van der Waals surface area contributed by atoms with Crippen LogP contribution in [0.3, 0.4) is 0 Å². The summed E-state index contributed by atoms with van der Waals surface area (Å²) >= 11 is 0. The summed E-state index contributed by atoms with van der Waals surface area (Å²) in [5, 5.41) is 3.15. The van der Waals surface area contributed by atoms with E-state index in [0.717, 1.165) is 36.8 Å². The highest BCUT2D eigenvalue weighted by Gasteiger charge is 2.28. The first-order valence-electron chi connectivity index (χ1n) is 12.6. The Balaban J connectivity index is 1.69. The lowest BCUT2D eigenvalue weighted by Crippen LogP contribution is -2.50. The Morgan fingerprint density at radius 3 is 2.15 bits per heavy atom. The van der Waals surface area contributed by atoms with Crippen molar-refractivity contribution in [3.05, 3.63) is 71.0 Å². The molecule has 34 heavy (non-hydrogen) atoms. The number of nitrogens with zero attached hydrogens (tertiary/aromatic N) is 1. The monoisotopic (exact) mass is 466 g/mol. The van der Waals surface area contributed by atoms with Gasteiger partial charge in [0.25, 0.3) is 0 Å². The minimum Gasteiger partial charge on any atom is -0.352 e. The molecular weight excluding hydrogens is 427 g/mol. The van der Waals surface area contributed by atoms with E-state index >= 15 is 0 Å². The van der Waals surface area contributed by atoms with Gasteiger partial charge in [-0.15, -0.1) is 0 Å². The van der Waals surface area contributed by atoms with Crippen molar-refractivity contribution in [2.45, 2.75) is 96.7 Å². The summed E-state index contributed by atoms with van der Waals surface area (Å²) in [7, 11) is 0. The van der Waals surface area contributed by atoms with E-state index < -0.39 is 6.04 Å². The van der Waals surface area contributed by atoms with Crippen molar-refractivity contribution in [3.8, 4) is 0 Å². The van der Waals surface area contributed by atoms with Gasteiger partial charge in [-0.3, -0.25) is 9.59 Å². The number of halogens is 1. The zero-order chi connectivity index (χ0) is 24.7. The molecule has 0 aromatic heterocycles. The fraction of sp³-hybridized carbons (Fsp3) is 0.517. The summed E-state index contributed by atoms with van der Waals surface area (Å²) in [4.78, 5) is 28.0. The summed E-state index contributed by atoms with van der Waals surface area (Å²) < 4.78 is 13.4. The Morgan fingerprint density at radius 1 is 0.971 bits per heavy atom. The highest BCUT2D eigenvalue weighted by molar-refractivity contribution is 5.87. The Labute approximate surface area is 203 Å². The number of nitrogens with one attached hydrogen (secondary N) is 1. The first kappa shape index (κ1) is 25.9. The number of rotatable bonds is 8. The normalized spacial score (nSPS) is 15.6. The number of amides is 2. The van der Waals surface area contributed by atoms with Crippen molar-refractivity contribution in [1.29, 1.82) is 0 Å². The Hall–Kier alpha value is -2.69. The van der Waals surface area contributed by atoms with E-state index in [4.69, 9.17) is 0 Å². The van der Waals surface area contributed by atoms with Crippen LogP contribution < -0.4 is 5.32 Å². The second kappa shape index (κ2) is 11.6. The third-order valence-electron chi connectivity index (χ3n) is 6.83. The molecule has 0 bridgehead atoms. The molecule has 2 aromatic rings. The molecular formula is C29H39FN2O2. The SMILES string of the molecule is C[C@@H](C(=O)NC1CCCCC1)N(Cc1ccc(F)cc1)C(=O)CCc1ccc(C(C)(C)C)cc1. The average Bonchev–Trinajstić information content (AvgIpc) is 2.82. The summed E-state index contributed by atoms with van der Waals surface area (Å²) in [6.45, 7) is 8.61. The number of aryl methyl sites for hydroxylation is 1. The van der Waals surface area contributed by atoms with Gasteiger partial charge in [0.2, 0.25) is 11.8 Å². The Kier molecular flexibility index (Phi) is 8.87. The second-order valence-corrected chi connectivity index (χ2v) is 10.6. The molecule has 5 heteroatoms. The number of carbonyl (C=O) groups excluding carboxylic acids is 2. The maximum absolute atomic E-state index is 13.4. The second-order valence-electron chi connectivity index (χ2n) is 10.6.